The molecule has 2 rings (SSSR count). The van der Waals surface area contributed by atoms with Gasteiger partial charge in [-0.2, -0.15) is 0 Å². The number of fused-ring (bicyclic) bond motifs is 1. The van der Waals surface area contributed by atoms with E-state index in [1.54, 1.807) is 0 Å². The predicted molar refractivity (Wildman–Crippen MR) is 70.3 cm³/mol. The molecule has 96 valence electrons. The number of carbonyl (C=O) groups is 1. The second-order valence-electron chi connectivity index (χ2n) is 4.91. The molecule has 18 heavy (non-hydrogen) atoms. The summed E-state index contributed by atoms with van der Waals surface area (Å²) in [5.41, 5.74) is 2.53. The van der Waals surface area contributed by atoms with Gasteiger partial charge in [0, 0.05) is 13.5 Å². The third kappa shape index (κ3) is 3.09. The fourth-order valence-corrected chi connectivity index (χ4v) is 1.76. The van der Waals surface area contributed by atoms with Crippen LogP contribution in [-0.2, 0) is 11.2 Å². The smallest absolute Gasteiger partial charge is 0.224 e. The van der Waals surface area contributed by atoms with E-state index in [0.717, 1.165) is 16.7 Å². The molecule has 1 aromatic heterocycles. The lowest BCUT2D eigenvalue weighted by molar-refractivity contribution is -0.120. The van der Waals surface area contributed by atoms with Gasteiger partial charge in [0.1, 0.15) is 5.52 Å². The van der Waals surface area contributed by atoms with E-state index in [1.165, 1.54) is 0 Å². The van der Waals surface area contributed by atoms with Crippen molar-refractivity contribution in [3.8, 4) is 0 Å². The number of carbonyl (C=O) groups excluding carboxylic acids is 1. The quantitative estimate of drug-likeness (QED) is 0.901. The minimum Gasteiger partial charge on any atom is -0.441 e. The second kappa shape index (κ2) is 5.21. The molecule has 2 aromatic rings. The summed E-state index contributed by atoms with van der Waals surface area (Å²) in [5.74, 6) is 1.16. The Labute approximate surface area is 106 Å². The molecule has 1 N–H and O–H groups in total. The number of oxazole rings is 1. The van der Waals surface area contributed by atoms with Gasteiger partial charge < -0.3 is 9.73 Å². The Morgan fingerprint density at radius 2 is 2.22 bits per heavy atom. The highest BCUT2D eigenvalue weighted by molar-refractivity contribution is 5.81. The van der Waals surface area contributed by atoms with Crippen LogP contribution in [0.5, 0.6) is 0 Å². The van der Waals surface area contributed by atoms with Crippen molar-refractivity contribution in [3.63, 3.8) is 0 Å². The lowest BCUT2D eigenvalue weighted by Gasteiger charge is -2.07. The van der Waals surface area contributed by atoms with Crippen molar-refractivity contribution in [2.24, 2.45) is 5.92 Å². The molecule has 0 radical (unpaired) electrons. The van der Waals surface area contributed by atoms with Gasteiger partial charge in [0.05, 0.1) is 6.42 Å². The molecule has 0 aliphatic rings. The molecule has 4 heteroatoms. The molecule has 0 fully saturated rings. The fraction of sp³-hybridized carbons (Fsp3) is 0.429. The zero-order valence-electron chi connectivity index (χ0n) is 11.0. The Balaban J connectivity index is 2.05. The summed E-state index contributed by atoms with van der Waals surface area (Å²) >= 11 is 0. The van der Waals surface area contributed by atoms with E-state index in [9.17, 15) is 4.79 Å². The molecule has 4 nitrogen and oxygen atoms in total. The lowest BCUT2D eigenvalue weighted by Crippen LogP contribution is -2.28. The number of aryl methyl sites for hydroxylation is 1. The molecular weight excluding hydrogens is 228 g/mol. The average Bonchev–Trinajstić information content (AvgIpc) is 2.66. The van der Waals surface area contributed by atoms with Gasteiger partial charge in [-0.1, -0.05) is 19.9 Å². The number of aromatic nitrogens is 1. The van der Waals surface area contributed by atoms with Crippen LogP contribution >= 0.6 is 0 Å². The van der Waals surface area contributed by atoms with Crippen molar-refractivity contribution in [3.05, 3.63) is 29.7 Å². The molecule has 0 saturated heterocycles. The van der Waals surface area contributed by atoms with E-state index in [4.69, 9.17) is 4.42 Å². The SMILES string of the molecule is Cc1nc2cc(CC(=O)NCC(C)C)ccc2o1. The molecule has 0 spiro atoms. The largest absolute Gasteiger partial charge is 0.441 e. The van der Waals surface area contributed by atoms with Crippen molar-refractivity contribution in [2.45, 2.75) is 27.2 Å². The van der Waals surface area contributed by atoms with Gasteiger partial charge in [0.2, 0.25) is 5.91 Å². The molecule has 1 amide bonds. The van der Waals surface area contributed by atoms with Gasteiger partial charge in [-0.05, 0) is 23.6 Å². The first-order valence-corrected chi connectivity index (χ1v) is 6.17. The first-order valence-electron chi connectivity index (χ1n) is 6.17. The Hall–Kier alpha value is -1.84. The number of hydrogen-bond donors (Lipinski definition) is 1. The third-order valence-electron chi connectivity index (χ3n) is 2.63. The van der Waals surface area contributed by atoms with E-state index in [1.807, 2.05) is 25.1 Å². The minimum atomic E-state index is 0.0447. The average molecular weight is 246 g/mol. The number of rotatable bonds is 4. The first kappa shape index (κ1) is 12.6. The third-order valence-corrected chi connectivity index (χ3v) is 2.63. The van der Waals surface area contributed by atoms with E-state index < -0.39 is 0 Å². The Kier molecular flexibility index (Phi) is 3.65. The molecule has 1 heterocycles. The maximum absolute atomic E-state index is 11.7. The van der Waals surface area contributed by atoms with Crippen molar-refractivity contribution >= 4 is 17.0 Å². The zero-order chi connectivity index (χ0) is 13.1. The molecule has 0 aliphatic carbocycles. The van der Waals surface area contributed by atoms with Gasteiger partial charge in [0.15, 0.2) is 11.5 Å². The number of amides is 1. The van der Waals surface area contributed by atoms with Gasteiger partial charge >= 0.3 is 0 Å². The predicted octanol–water partition coefficient (Wildman–Crippen LogP) is 2.45. The van der Waals surface area contributed by atoms with Gasteiger partial charge in [-0.25, -0.2) is 4.98 Å². The number of nitrogens with one attached hydrogen (secondary N) is 1. The van der Waals surface area contributed by atoms with E-state index in [2.05, 4.69) is 24.1 Å². The summed E-state index contributed by atoms with van der Waals surface area (Å²) in [6.07, 6.45) is 0.383. The Morgan fingerprint density at radius 3 is 2.94 bits per heavy atom. The highest BCUT2D eigenvalue weighted by Crippen LogP contribution is 2.17. The number of nitrogens with zero attached hydrogens (tertiary/aromatic N) is 1. The minimum absolute atomic E-state index is 0.0447. The number of hydrogen-bond acceptors (Lipinski definition) is 3. The van der Waals surface area contributed by atoms with Crippen LogP contribution in [0.15, 0.2) is 22.6 Å². The normalized spacial score (nSPS) is 11.1. The maximum atomic E-state index is 11.7. The van der Waals surface area contributed by atoms with Crippen LogP contribution in [0, 0.1) is 12.8 Å². The van der Waals surface area contributed by atoms with Crippen LogP contribution in [0.3, 0.4) is 0 Å². The molecule has 0 bridgehead atoms. The summed E-state index contributed by atoms with van der Waals surface area (Å²) in [4.78, 5) is 16.0. The highest BCUT2D eigenvalue weighted by Gasteiger charge is 2.07. The topological polar surface area (TPSA) is 55.1 Å². The van der Waals surface area contributed by atoms with Crippen LogP contribution < -0.4 is 5.32 Å². The number of benzene rings is 1. The van der Waals surface area contributed by atoms with Gasteiger partial charge in [-0.15, -0.1) is 0 Å². The summed E-state index contributed by atoms with van der Waals surface area (Å²) in [7, 11) is 0. The summed E-state index contributed by atoms with van der Waals surface area (Å²) in [6.45, 7) is 6.67. The first-order chi connectivity index (χ1) is 8.54. The van der Waals surface area contributed by atoms with E-state index in [-0.39, 0.29) is 5.91 Å². The summed E-state index contributed by atoms with van der Waals surface area (Å²) in [5, 5.41) is 2.90. The van der Waals surface area contributed by atoms with Crippen LogP contribution in [0.25, 0.3) is 11.1 Å². The van der Waals surface area contributed by atoms with E-state index >= 15 is 0 Å². The molecule has 1 aromatic carbocycles. The molecule has 0 saturated carbocycles. The van der Waals surface area contributed by atoms with E-state index in [0.29, 0.717) is 24.8 Å². The molecule has 0 aliphatic heterocycles. The highest BCUT2D eigenvalue weighted by atomic mass is 16.3. The summed E-state index contributed by atoms with van der Waals surface area (Å²) in [6, 6.07) is 5.67. The maximum Gasteiger partial charge on any atom is 0.224 e. The van der Waals surface area contributed by atoms with Crippen LogP contribution in [0.1, 0.15) is 25.3 Å². The molecule has 0 atom stereocenters. The van der Waals surface area contributed by atoms with Gasteiger partial charge in [0.25, 0.3) is 0 Å². The Bertz CT molecular complexity index is 558. The Morgan fingerprint density at radius 1 is 1.44 bits per heavy atom. The fourth-order valence-electron chi connectivity index (χ4n) is 1.76. The van der Waals surface area contributed by atoms with Crippen molar-refractivity contribution in [1.29, 1.82) is 0 Å². The molecule has 0 unspecified atom stereocenters. The summed E-state index contributed by atoms with van der Waals surface area (Å²) < 4.78 is 5.40. The second-order valence-corrected chi connectivity index (χ2v) is 4.91. The standard InChI is InChI=1S/C14H18N2O2/c1-9(2)8-15-14(17)7-11-4-5-13-12(6-11)16-10(3)18-13/h4-6,9H,7-8H2,1-3H3,(H,15,17). The zero-order valence-corrected chi connectivity index (χ0v) is 11.0. The van der Waals surface area contributed by atoms with Crippen LogP contribution in [0.4, 0.5) is 0 Å². The van der Waals surface area contributed by atoms with Crippen molar-refractivity contribution in [2.75, 3.05) is 6.54 Å². The van der Waals surface area contributed by atoms with Crippen LogP contribution in [-0.4, -0.2) is 17.4 Å². The monoisotopic (exact) mass is 246 g/mol. The van der Waals surface area contributed by atoms with Crippen LogP contribution in [0.2, 0.25) is 0 Å². The van der Waals surface area contributed by atoms with Gasteiger partial charge in [-0.3, -0.25) is 4.79 Å². The molecular formula is C14H18N2O2. The van der Waals surface area contributed by atoms with Crippen molar-refractivity contribution in [1.82, 2.24) is 10.3 Å². The lowest BCUT2D eigenvalue weighted by atomic mass is 10.1. The van der Waals surface area contributed by atoms with Crippen molar-refractivity contribution < 1.29 is 9.21 Å².